The molecule has 1 atom stereocenters. The second kappa shape index (κ2) is 5.82. The first-order chi connectivity index (χ1) is 10.5. The second-order valence-corrected chi connectivity index (χ2v) is 6.47. The van der Waals surface area contributed by atoms with E-state index >= 15 is 0 Å². The second-order valence-electron chi connectivity index (χ2n) is 6.47. The van der Waals surface area contributed by atoms with Crippen LogP contribution in [-0.2, 0) is 11.0 Å². The molecule has 0 spiro atoms. The van der Waals surface area contributed by atoms with Gasteiger partial charge in [0.25, 0.3) is 5.91 Å². The number of hydrogen-bond donors (Lipinski definition) is 1. The Hall–Kier alpha value is -2.12. The molecule has 1 fully saturated rings. The van der Waals surface area contributed by atoms with Crippen molar-refractivity contribution in [3.8, 4) is 0 Å². The SMILES string of the molecule is CC(C)(C)N1CC(NC(=O)c2ccncc2C(F)(F)F)CC1=O. The van der Waals surface area contributed by atoms with Gasteiger partial charge in [-0.3, -0.25) is 14.6 Å². The maximum atomic E-state index is 12.9. The third-order valence-corrected chi connectivity index (χ3v) is 3.64. The summed E-state index contributed by atoms with van der Waals surface area (Å²) >= 11 is 0. The van der Waals surface area contributed by atoms with E-state index in [4.69, 9.17) is 0 Å². The molecule has 2 amide bonds. The zero-order chi connectivity index (χ0) is 17.4. The summed E-state index contributed by atoms with van der Waals surface area (Å²) in [5, 5.41) is 2.51. The average Bonchev–Trinajstić information content (AvgIpc) is 2.78. The number of carbonyl (C=O) groups excluding carboxylic acids is 2. The van der Waals surface area contributed by atoms with Gasteiger partial charge >= 0.3 is 6.18 Å². The summed E-state index contributed by atoms with van der Waals surface area (Å²) in [6, 6.07) is 0.514. The summed E-state index contributed by atoms with van der Waals surface area (Å²) in [5.74, 6) is -0.984. The van der Waals surface area contributed by atoms with Crippen molar-refractivity contribution >= 4 is 11.8 Å². The summed E-state index contributed by atoms with van der Waals surface area (Å²) in [5.41, 5.74) is -1.98. The molecule has 126 valence electrons. The van der Waals surface area contributed by atoms with Gasteiger partial charge in [-0.1, -0.05) is 0 Å². The molecule has 1 aliphatic rings. The van der Waals surface area contributed by atoms with Gasteiger partial charge in [-0.05, 0) is 26.8 Å². The number of nitrogens with zero attached hydrogens (tertiary/aromatic N) is 2. The maximum Gasteiger partial charge on any atom is 0.418 e. The molecule has 5 nitrogen and oxygen atoms in total. The standard InChI is InChI=1S/C15H18F3N3O2/c1-14(2,3)21-8-9(6-12(21)22)20-13(23)10-4-5-19-7-11(10)15(16,17)18/h4-5,7,9H,6,8H2,1-3H3,(H,20,23). The first-order valence-electron chi connectivity index (χ1n) is 7.12. The quantitative estimate of drug-likeness (QED) is 0.905. The molecule has 0 radical (unpaired) electrons. The predicted octanol–water partition coefficient (Wildman–Crippen LogP) is 2.23. The third-order valence-electron chi connectivity index (χ3n) is 3.64. The van der Waals surface area contributed by atoms with Crippen molar-refractivity contribution in [2.75, 3.05) is 6.54 Å². The lowest BCUT2D eigenvalue weighted by Gasteiger charge is -2.32. The fraction of sp³-hybridized carbons (Fsp3) is 0.533. The van der Waals surface area contributed by atoms with E-state index in [0.717, 1.165) is 12.3 Å². The van der Waals surface area contributed by atoms with E-state index < -0.39 is 34.8 Å². The number of likely N-dealkylation sites (tertiary alicyclic amines) is 1. The Labute approximate surface area is 131 Å². The van der Waals surface area contributed by atoms with E-state index in [9.17, 15) is 22.8 Å². The topological polar surface area (TPSA) is 62.3 Å². The van der Waals surface area contributed by atoms with Crippen LogP contribution in [0.2, 0.25) is 0 Å². The van der Waals surface area contributed by atoms with Crippen LogP contribution in [0.15, 0.2) is 18.5 Å². The van der Waals surface area contributed by atoms with Gasteiger partial charge in [-0.15, -0.1) is 0 Å². The molecule has 0 bridgehead atoms. The normalized spacial score (nSPS) is 19.1. The molecule has 23 heavy (non-hydrogen) atoms. The Morgan fingerprint density at radius 3 is 2.52 bits per heavy atom. The number of alkyl halides is 3. The largest absolute Gasteiger partial charge is 0.418 e. The lowest BCUT2D eigenvalue weighted by atomic mass is 10.1. The Morgan fingerprint density at radius 1 is 1.35 bits per heavy atom. The van der Waals surface area contributed by atoms with Crippen LogP contribution in [-0.4, -0.2) is 39.8 Å². The number of pyridine rings is 1. The highest BCUT2D eigenvalue weighted by Gasteiger charge is 2.39. The van der Waals surface area contributed by atoms with Crippen LogP contribution in [0.5, 0.6) is 0 Å². The van der Waals surface area contributed by atoms with Crippen molar-refractivity contribution in [1.29, 1.82) is 0 Å². The number of halogens is 3. The first kappa shape index (κ1) is 17.2. The summed E-state index contributed by atoms with van der Waals surface area (Å²) in [6.45, 7) is 5.86. The zero-order valence-electron chi connectivity index (χ0n) is 13.1. The molecule has 1 N–H and O–H groups in total. The Kier molecular flexibility index (Phi) is 4.37. The van der Waals surface area contributed by atoms with Gasteiger partial charge in [-0.2, -0.15) is 13.2 Å². The molecule has 0 aliphatic carbocycles. The molecule has 2 heterocycles. The molecular formula is C15H18F3N3O2. The van der Waals surface area contributed by atoms with Crippen molar-refractivity contribution in [3.63, 3.8) is 0 Å². The van der Waals surface area contributed by atoms with Gasteiger partial charge in [-0.25, -0.2) is 0 Å². The molecule has 2 rings (SSSR count). The highest BCUT2D eigenvalue weighted by molar-refractivity contribution is 5.96. The molecule has 1 saturated heterocycles. The number of hydrogen-bond acceptors (Lipinski definition) is 3. The lowest BCUT2D eigenvalue weighted by molar-refractivity contribution is -0.138. The molecule has 8 heteroatoms. The van der Waals surface area contributed by atoms with Crippen molar-refractivity contribution in [1.82, 2.24) is 15.2 Å². The van der Waals surface area contributed by atoms with E-state index in [2.05, 4.69) is 10.3 Å². The van der Waals surface area contributed by atoms with Crippen LogP contribution in [0.1, 0.15) is 43.1 Å². The van der Waals surface area contributed by atoms with Gasteiger partial charge < -0.3 is 10.2 Å². The number of aromatic nitrogens is 1. The molecule has 1 unspecified atom stereocenters. The number of amides is 2. The van der Waals surface area contributed by atoms with Crippen LogP contribution in [0.4, 0.5) is 13.2 Å². The fourth-order valence-electron chi connectivity index (χ4n) is 2.53. The number of nitrogens with one attached hydrogen (secondary N) is 1. The Bertz CT molecular complexity index is 623. The molecular weight excluding hydrogens is 311 g/mol. The molecule has 1 aromatic rings. The molecule has 0 saturated carbocycles. The van der Waals surface area contributed by atoms with E-state index in [1.165, 1.54) is 0 Å². The number of rotatable bonds is 2. The average molecular weight is 329 g/mol. The predicted molar refractivity (Wildman–Crippen MR) is 76.6 cm³/mol. The summed E-state index contributed by atoms with van der Waals surface area (Å²) in [6.07, 6.45) is -2.83. The van der Waals surface area contributed by atoms with Crippen molar-refractivity contribution in [3.05, 3.63) is 29.6 Å². The summed E-state index contributed by atoms with van der Waals surface area (Å²) < 4.78 is 38.8. The van der Waals surface area contributed by atoms with Crippen LogP contribution in [0.3, 0.4) is 0 Å². The van der Waals surface area contributed by atoms with Crippen LogP contribution in [0, 0.1) is 0 Å². The van der Waals surface area contributed by atoms with E-state index in [0.29, 0.717) is 6.20 Å². The summed E-state index contributed by atoms with van der Waals surface area (Å²) in [4.78, 5) is 29.1. The Morgan fingerprint density at radius 2 is 2.00 bits per heavy atom. The van der Waals surface area contributed by atoms with Crippen LogP contribution >= 0.6 is 0 Å². The van der Waals surface area contributed by atoms with Crippen molar-refractivity contribution in [2.24, 2.45) is 0 Å². The van der Waals surface area contributed by atoms with Crippen LogP contribution in [0.25, 0.3) is 0 Å². The lowest BCUT2D eigenvalue weighted by Crippen LogP contribution is -2.44. The molecule has 1 aromatic heterocycles. The van der Waals surface area contributed by atoms with Gasteiger partial charge in [0, 0.05) is 30.9 Å². The zero-order valence-corrected chi connectivity index (χ0v) is 13.1. The van der Waals surface area contributed by atoms with Gasteiger partial charge in [0.05, 0.1) is 17.2 Å². The van der Waals surface area contributed by atoms with Crippen LogP contribution < -0.4 is 5.32 Å². The third kappa shape index (κ3) is 3.80. The minimum Gasteiger partial charge on any atom is -0.347 e. The highest BCUT2D eigenvalue weighted by Crippen LogP contribution is 2.31. The van der Waals surface area contributed by atoms with Crippen molar-refractivity contribution < 1.29 is 22.8 Å². The smallest absolute Gasteiger partial charge is 0.347 e. The van der Waals surface area contributed by atoms with Gasteiger partial charge in [0.15, 0.2) is 0 Å². The minimum absolute atomic E-state index is 0.0788. The highest BCUT2D eigenvalue weighted by atomic mass is 19.4. The molecule has 0 aromatic carbocycles. The fourth-order valence-corrected chi connectivity index (χ4v) is 2.53. The first-order valence-corrected chi connectivity index (χ1v) is 7.12. The van der Waals surface area contributed by atoms with Gasteiger partial charge in [0.2, 0.25) is 5.91 Å². The van der Waals surface area contributed by atoms with E-state index in [1.807, 2.05) is 20.8 Å². The Balaban J connectivity index is 2.14. The monoisotopic (exact) mass is 329 g/mol. The summed E-state index contributed by atoms with van der Waals surface area (Å²) in [7, 11) is 0. The van der Waals surface area contributed by atoms with Crippen molar-refractivity contribution in [2.45, 2.75) is 44.9 Å². The number of carbonyl (C=O) groups is 2. The minimum atomic E-state index is -4.66. The van der Waals surface area contributed by atoms with Gasteiger partial charge in [0.1, 0.15) is 0 Å². The molecule has 1 aliphatic heterocycles. The maximum absolute atomic E-state index is 12.9. The van der Waals surface area contributed by atoms with E-state index in [-0.39, 0.29) is 18.9 Å². The van der Waals surface area contributed by atoms with E-state index in [1.54, 1.807) is 4.90 Å².